The van der Waals surface area contributed by atoms with Gasteiger partial charge in [-0.1, -0.05) is 35.4 Å². The van der Waals surface area contributed by atoms with E-state index in [4.69, 9.17) is 0 Å². The van der Waals surface area contributed by atoms with Gasteiger partial charge in [-0.2, -0.15) is 0 Å². The number of hydrogen-bond acceptors (Lipinski definition) is 4. The topological polar surface area (TPSA) is 93.9 Å². The molecule has 1 N–H and O–H groups in total. The van der Waals surface area contributed by atoms with E-state index in [1.54, 1.807) is 60.9 Å². The molecule has 0 saturated heterocycles. The van der Waals surface area contributed by atoms with E-state index in [9.17, 15) is 16.8 Å². The number of aryl methyl sites for hydroxylation is 4. The molecule has 0 amide bonds. The molecular formula is C34H39N3O4S2. The summed E-state index contributed by atoms with van der Waals surface area (Å²) < 4.78 is 57.7. The number of hydrogen-bond donors (Lipinski definition) is 1. The first-order valence-corrected chi connectivity index (χ1v) is 17.2. The zero-order chi connectivity index (χ0) is 31.4. The Morgan fingerprint density at radius 2 is 0.837 bits per heavy atom. The smallest absolute Gasteiger partial charge is 0.267 e. The third-order valence-electron chi connectivity index (χ3n) is 8.82. The van der Waals surface area contributed by atoms with Gasteiger partial charge >= 0.3 is 0 Å². The highest BCUT2D eigenvalue weighted by molar-refractivity contribution is 7.90. The molecule has 0 radical (unpaired) electrons. The molecule has 0 saturated carbocycles. The summed E-state index contributed by atoms with van der Waals surface area (Å²) in [5.74, 6) is 0. The minimum atomic E-state index is -3.79. The maximum absolute atomic E-state index is 13.7. The van der Waals surface area contributed by atoms with Gasteiger partial charge in [-0.05, 0) is 113 Å². The predicted molar refractivity (Wildman–Crippen MR) is 171 cm³/mol. The van der Waals surface area contributed by atoms with Crippen molar-refractivity contribution in [1.29, 1.82) is 0 Å². The van der Waals surface area contributed by atoms with Gasteiger partial charge in [0, 0.05) is 48.0 Å². The van der Waals surface area contributed by atoms with Crippen molar-refractivity contribution in [1.82, 2.24) is 12.9 Å². The number of nitrogens with zero attached hydrogens (tertiary/aromatic N) is 2. The fraction of sp³-hybridized carbons (Fsp3) is 0.294. The molecular weight excluding hydrogens is 579 g/mol. The molecule has 5 rings (SSSR count). The van der Waals surface area contributed by atoms with Crippen molar-refractivity contribution in [3.8, 4) is 0 Å². The van der Waals surface area contributed by atoms with Gasteiger partial charge in [0.15, 0.2) is 0 Å². The third kappa shape index (κ3) is 5.40. The van der Waals surface area contributed by atoms with Crippen LogP contribution in [-0.2, 0) is 32.9 Å². The van der Waals surface area contributed by atoms with E-state index in [1.807, 2.05) is 55.4 Å². The minimum absolute atomic E-state index is 0.246. The molecule has 43 heavy (non-hydrogen) atoms. The molecule has 7 nitrogen and oxygen atoms in total. The van der Waals surface area contributed by atoms with Crippen LogP contribution in [0.2, 0.25) is 0 Å². The second kappa shape index (κ2) is 11.0. The standard InChI is InChI=1S/C34H39N3O4S2/c1-21-9-13-29(14-10-21)42(38,39)36-19-23(3)25(5)33(36)17-31-27(7)28(8)32(35-31)18-34-26(6)24(4)20-37(34)43(40,41)30-15-11-22(2)12-16-30/h9-16,19-20,35H,17-18H2,1-8H3. The first-order valence-electron chi connectivity index (χ1n) is 14.3. The van der Waals surface area contributed by atoms with Crippen LogP contribution in [0.4, 0.5) is 0 Å². The largest absolute Gasteiger partial charge is 0.361 e. The number of H-pyrrole nitrogens is 1. The molecule has 0 aliphatic rings. The summed E-state index contributed by atoms with van der Waals surface area (Å²) in [6.07, 6.45) is 4.16. The van der Waals surface area contributed by atoms with Gasteiger partial charge in [0.25, 0.3) is 20.0 Å². The van der Waals surface area contributed by atoms with E-state index >= 15 is 0 Å². The van der Waals surface area contributed by atoms with Crippen LogP contribution in [0.15, 0.2) is 70.7 Å². The van der Waals surface area contributed by atoms with Crippen LogP contribution < -0.4 is 0 Å². The number of nitrogens with one attached hydrogen (secondary N) is 1. The van der Waals surface area contributed by atoms with E-state index in [1.165, 1.54) is 7.94 Å². The quantitative estimate of drug-likeness (QED) is 0.209. The van der Waals surface area contributed by atoms with Crippen LogP contribution in [0.3, 0.4) is 0 Å². The summed E-state index contributed by atoms with van der Waals surface area (Å²) in [7, 11) is -7.59. The highest BCUT2D eigenvalue weighted by Gasteiger charge is 2.26. The highest BCUT2D eigenvalue weighted by atomic mass is 32.2. The number of rotatable bonds is 8. The summed E-state index contributed by atoms with van der Waals surface area (Å²) in [5.41, 5.74) is 10.9. The Kier molecular flexibility index (Phi) is 7.86. The maximum Gasteiger partial charge on any atom is 0.267 e. The van der Waals surface area contributed by atoms with Gasteiger partial charge in [0.1, 0.15) is 0 Å². The molecule has 0 bridgehead atoms. The summed E-state index contributed by atoms with van der Waals surface area (Å²) in [4.78, 5) is 4.05. The molecule has 0 atom stereocenters. The summed E-state index contributed by atoms with van der Waals surface area (Å²) in [6, 6.07) is 13.8. The zero-order valence-electron chi connectivity index (χ0n) is 26.0. The van der Waals surface area contributed by atoms with Gasteiger partial charge in [-0.15, -0.1) is 0 Å². The second-order valence-corrected chi connectivity index (χ2v) is 15.3. The zero-order valence-corrected chi connectivity index (χ0v) is 27.7. The Labute approximate surface area is 255 Å². The van der Waals surface area contributed by atoms with Crippen LogP contribution in [0.5, 0.6) is 0 Å². The Morgan fingerprint density at radius 1 is 0.512 bits per heavy atom. The van der Waals surface area contributed by atoms with Crippen LogP contribution >= 0.6 is 0 Å². The highest BCUT2D eigenvalue weighted by Crippen LogP contribution is 2.30. The predicted octanol–water partition coefficient (Wildman–Crippen LogP) is 6.74. The average molecular weight is 618 g/mol. The van der Waals surface area contributed by atoms with Gasteiger partial charge in [0.05, 0.1) is 9.79 Å². The first-order chi connectivity index (χ1) is 20.1. The van der Waals surface area contributed by atoms with Crippen molar-refractivity contribution < 1.29 is 16.8 Å². The summed E-state index contributed by atoms with van der Waals surface area (Å²) in [6.45, 7) is 15.6. The summed E-state index contributed by atoms with van der Waals surface area (Å²) >= 11 is 0. The second-order valence-electron chi connectivity index (χ2n) is 11.7. The lowest BCUT2D eigenvalue weighted by Crippen LogP contribution is -2.16. The maximum atomic E-state index is 13.7. The number of aromatic nitrogens is 3. The van der Waals surface area contributed by atoms with E-state index in [0.29, 0.717) is 24.2 Å². The van der Waals surface area contributed by atoms with Crippen molar-refractivity contribution in [2.24, 2.45) is 0 Å². The van der Waals surface area contributed by atoms with Crippen molar-refractivity contribution in [3.63, 3.8) is 0 Å². The minimum Gasteiger partial charge on any atom is -0.361 e. The molecule has 0 aliphatic heterocycles. The first kappa shape index (κ1) is 30.6. The van der Waals surface area contributed by atoms with Crippen molar-refractivity contribution in [2.75, 3.05) is 0 Å². The van der Waals surface area contributed by atoms with Gasteiger partial charge in [-0.3, -0.25) is 0 Å². The van der Waals surface area contributed by atoms with E-state index in [0.717, 1.165) is 55.9 Å². The Hall–Kier alpha value is -3.82. The van der Waals surface area contributed by atoms with Crippen LogP contribution in [0, 0.1) is 55.4 Å². The monoisotopic (exact) mass is 617 g/mol. The van der Waals surface area contributed by atoms with E-state index in [-0.39, 0.29) is 9.79 Å². The Morgan fingerprint density at radius 3 is 1.16 bits per heavy atom. The molecule has 0 fully saturated rings. The van der Waals surface area contributed by atoms with Crippen LogP contribution in [0.25, 0.3) is 0 Å². The average Bonchev–Trinajstić information content (AvgIpc) is 3.52. The normalized spacial score (nSPS) is 12.3. The third-order valence-corrected chi connectivity index (χ3v) is 12.2. The molecule has 3 aromatic heterocycles. The van der Waals surface area contributed by atoms with Crippen LogP contribution in [0.1, 0.15) is 67.3 Å². The molecule has 2 aromatic carbocycles. The van der Waals surface area contributed by atoms with E-state index < -0.39 is 20.0 Å². The molecule has 0 unspecified atom stereocenters. The van der Waals surface area contributed by atoms with Gasteiger partial charge < -0.3 is 4.98 Å². The van der Waals surface area contributed by atoms with Gasteiger partial charge in [0.2, 0.25) is 0 Å². The SMILES string of the molecule is Cc1ccc(S(=O)(=O)n2cc(C)c(C)c2Cc2[nH]c(Cc3c(C)c(C)cn3S(=O)(=O)c3ccc(C)cc3)c(C)c2C)cc1. The van der Waals surface area contributed by atoms with Crippen molar-refractivity contribution in [2.45, 2.75) is 78.0 Å². The van der Waals surface area contributed by atoms with E-state index in [2.05, 4.69) is 4.98 Å². The Bertz CT molecular complexity index is 1910. The molecule has 226 valence electrons. The molecule has 5 aromatic rings. The molecule has 9 heteroatoms. The molecule has 0 spiro atoms. The van der Waals surface area contributed by atoms with Gasteiger partial charge in [-0.25, -0.2) is 24.8 Å². The number of benzene rings is 2. The lowest BCUT2D eigenvalue weighted by Gasteiger charge is -2.13. The number of aromatic amines is 1. The van der Waals surface area contributed by atoms with Crippen LogP contribution in [-0.4, -0.2) is 29.8 Å². The van der Waals surface area contributed by atoms with Crippen molar-refractivity contribution >= 4 is 20.0 Å². The molecule has 3 heterocycles. The Balaban J connectivity index is 1.54. The fourth-order valence-electron chi connectivity index (χ4n) is 5.50. The lowest BCUT2D eigenvalue weighted by molar-refractivity contribution is 0.584. The summed E-state index contributed by atoms with van der Waals surface area (Å²) in [5, 5.41) is 0. The molecule has 0 aliphatic carbocycles. The fourth-order valence-corrected chi connectivity index (χ4v) is 8.49. The van der Waals surface area contributed by atoms with Crippen molar-refractivity contribution in [3.05, 3.63) is 128 Å². The lowest BCUT2D eigenvalue weighted by atomic mass is 10.0.